The Bertz CT molecular complexity index is 795. The van der Waals surface area contributed by atoms with Crippen LogP contribution in [0.3, 0.4) is 0 Å². The summed E-state index contributed by atoms with van der Waals surface area (Å²) in [6, 6.07) is 10.1. The van der Waals surface area contributed by atoms with Gasteiger partial charge < -0.3 is 15.1 Å². The standard InChI is InChI=1S/C24H31N3O3/c28-22(11-8-18-5-2-1-3-6-18)26-15-12-19(13-16-26)24(30)27-14-4-7-20(17-27)23(29)25-21-9-10-21/h1-3,5-6,8,11,19-21H,4,7,9-10,12-17H2,(H,25,29)/b11-8+. The van der Waals surface area contributed by atoms with Crippen LogP contribution in [-0.2, 0) is 14.4 Å². The number of benzene rings is 1. The maximum atomic E-state index is 13.0. The molecule has 1 N–H and O–H groups in total. The first-order chi connectivity index (χ1) is 14.6. The number of nitrogens with one attached hydrogen (secondary N) is 1. The average Bonchev–Trinajstić information content (AvgIpc) is 3.62. The maximum Gasteiger partial charge on any atom is 0.246 e. The first-order valence-electron chi connectivity index (χ1n) is 11.2. The van der Waals surface area contributed by atoms with Crippen LogP contribution in [0.15, 0.2) is 36.4 Å². The van der Waals surface area contributed by atoms with Crippen molar-refractivity contribution in [3.05, 3.63) is 42.0 Å². The van der Waals surface area contributed by atoms with Crippen molar-refractivity contribution in [3.63, 3.8) is 0 Å². The Morgan fingerprint density at radius 3 is 2.30 bits per heavy atom. The molecule has 3 amide bonds. The highest BCUT2D eigenvalue weighted by molar-refractivity contribution is 5.92. The van der Waals surface area contributed by atoms with Crippen LogP contribution in [0.2, 0.25) is 0 Å². The summed E-state index contributed by atoms with van der Waals surface area (Å²) in [7, 11) is 0. The minimum absolute atomic E-state index is 0.000430. The normalized spacial score (nSPS) is 22.9. The number of hydrogen-bond donors (Lipinski definition) is 1. The van der Waals surface area contributed by atoms with Gasteiger partial charge in [-0.05, 0) is 50.2 Å². The largest absolute Gasteiger partial charge is 0.353 e. The summed E-state index contributed by atoms with van der Waals surface area (Å²) in [5, 5.41) is 3.08. The van der Waals surface area contributed by atoms with Gasteiger partial charge in [0.2, 0.25) is 17.7 Å². The second kappa shape index (κ2) is 9.45. The Morgan fingerprint density at radius 2 is 1.60 bits per heavy atom. The Morgan fingerprint density at radius 1 is 0.867 bits per heavy atom. The molecule has 1 aromatic rings. The average molecular weight is 410 g/mol. The van der Waals surface area contributed by atoms with Gasteiger partial charge in [-0.25, -0.2) is 0 Å². The molecule has 4 rings (SSSR count). The molecule has 160 valence electrons. The summed E-state index contributed by atoms with van der Waals surface area (Å²) in [5.41, 5.74) is 1.00. The van der Waals surface area contributed by atoms with Gasteiger partial charge in [-0.15, -0.1) is 0 Å². The zero-order valence-corrected chi connectivity index (χ0v) is 17.5. The molecule has 2 heterocycles. The van der Waals surface area contributed by atoms with Gasteiger partial charge in [-0.1, -0.05) is 30.3 Å². The van der Waals surface area contributed by atoms with Crippen molar-refractivity contribution in [2.45, 2.75) is 44.6 Å². The van der Waals surface area contributed by atoms with Crippen LogP contribution in [-0.4, -0.2) is 59.7 Å². The predicted molar refractivity (Wildman–Crippen MR) is 115 cm³/mol. The van der Waals surface area contributed by atoms with E-state index in [1.54, 1.807) is 6.08 Å². The summed E-state index contributed by atoms with van der Waals surface area (Å²) in [6.45, 7) is 2.49. The molecule has 0 spiro atoms. The fourth-order valence-corrected chi connectivity index (χ4v) is 4.38. The van der Waals surface area contributed by atoms with Crippen molar-refractivity contribution >= 4 is 23.8 Å². The van der Waals surface area contributed by atoms with Crippen molar-refractivity contribution in [1.82, 2.24) is 15.1 Å². The van der Waals surface area contributed by atoms with Gasteiger partial charge in [0.05, 0.1) is 5.92 Å². The molecule has 6 heteroatoms. The molecule has 0 aromatic heterocycles. The molecule has 1 aliphatic carbocycles. The van der Waals surface area contributed by atoms with Crippen molar-refractivity contribution in [2.24, 2.45) is 11.8 Å². The topological polar surface area (TPSA) is 69.7 Å². The molecular formula is C24H31N3O3. The summed E-state index contributed by atoms with van der Waals surface area (Å²) < 4.78 is 0. The summed E-state index contributed by atoms with van der Waals surface area (Å²) in [4.78, 5) is 41.6. The Labute approximate surface area is 178 Å². The molecule has 6 nitrogen and oxygen atoms in total. The summed E-state index contributed by atoms with van der Waals surface area (Å²) in [5.74, 6) is 0.150. The first kappa shape index (κ1) is 20.6. The van der Waals surface area contributed by atoms with Gasteiger partial charge in [-0.2, -0.15) is 0 Å². The van der Waals surface area contributed by atoms with E-state index in [2.05, 4.69) is 5.32 Å². The van der Waals surface area contributed by atoms with Crippen LogP contribution in [0.4, 0.5) is 0 Å². The lowest BCUT2D eigenvalue weighted by molar-refractivity contribution is -0.142. The molecular weight excluding hydrogens is 378 g/mol. The minimum Gasteiger partial charge on any atom is -0.353 e. The molecule has 3 fully saturated rings. The SMILES string of the molecule is O=C(NC1CC1)C1CCCN(C(=O)C2CCN(C(=O)/C=C/c3ccccc3)CC2)C1. The molecule has 1 saturated carbocycles. The van der Waals surface area contributed by atoms with Gasteiger partial charge in [-0.3, -0.25) is 14.4 Å². The predicted octanol–water partition coefficient (Wildman–Crippen LogP) is 2.46. The molecule has 1 atom stereocenters. The number of hydrogen-bond acceptors (Lipinski definition) is 3. The van der Waals surface area contributed by atoms with E-state index in [1.807, 2.05) is 46.2 Å². The zero-order chi connectivity index (χ0) is 20.9. The zero-order valence-electron chi connectivity index (χ0n) is 17.5. The molecule has 1 aromatic carbocycles. The minimum atomic E-state index is -0.0758. The lowest BCUT2D eigenvalue weighted by atomic mass is 9.91. The number of piperidine rings is 2. The Kier molecular flexibility index (Phi) is 6.50. The van der Waals surface area contributed by atoms with Crippen LogP contribution in [0.25, 0.3) is 6.08 Å². The fourth-order valence-electron chi connectivity index (χ4n) is 4.38. The van der Waals surface area contributed by atoms with Crippen molar-refractivity contribution < 1.29 is 14.4 Å². The van der Waals surface area contributed by atoms with E-state index in [1.165, 1.54) is 0 Å². The molecule has 2 saturated heterocycles. The second-order valence-corrected chi connectivity index (χ2v) is 8.75. The highest BCUT2D eigenvalue weighted by Gasteiger charge is 2.35. The molecule has 1 unspecified atom stereocenters. The molecule has 0 radical (unpaired) electrons. The highest BCUT2D eigenvalue weighted by Crippen LogP contribution is 2.25. The third kappa shape index (κ3) is 5.29. The number of nitrogens with zero attached hydrogens (tertiary/aromatic N) is 2. The van der Waals surface area contributed by atoms with Crippen LogP contribution in [0.5, 0.6) is 0 Å². The maximum absolute atomic E-state index is 13.0. The van der Waals surface area contributed by atoms with E-state index >= 15 is 0 Å². The molecule has 3 aliphatic rings. The second-order valence-electron chi connectivity index (χ2n) is 8.75. The van der Waals surface area contributed by atoms with Gasteiger partial charge in [0.15, 0.2) is 0 Å². The number of carbonyl (C=O) groups is 3. The van der Waals surface area contributed by atoms with Crippen LogP contribution in [0.1, 0.15) is 44.1 Å². The van der Waals surface area contributed by atoms with Gasteiger partial charge in [0.1, 0.15) is 0 Å². The molecule has 30 heavy (non-hydrogen) atoms. The van der Waals surface area contributed by atoms with Crippen LogP contribution < -0.4 is 5.32 Å². The van der Waals surface area contributed by atoms with Gasteiger partial charge in [0.25, 0.3) is 0 Å². The van der Waals surface area contributed by atoms with Gasteiger partial charge in [0, 0.05) is 44.2 Å². The number of likely N-dealkylation sites (tertiary alicyclic amines) is 2. The number of rotatable bonds is 5. The fraction of sp³-hybridized carbons (Fsp3) is 0.542. The quantitative estimate of drug-likeness (QED) is 0.760. The van der Waals surface area contributed by atoms with Crippen molar-refractivity contribution in [1.29, 1.82) is 0 Å². The number of amides is 3. The van der Waals surface area contributed by atoms with E-state index in [4.69, 9.17) is 0 Å². The van der Waals surface area contributed by atoms with E-state index < -0.39 is 0 Å². The highest BCUT2D eigenvalue weighted by atomic mass is 16.2. The van der Waals surface area contributed by atoms with Crippen molar-refractivity contribution in [2.75, 3.05) is 26.2 Å². The van der Waals surface area contributed by atoms with Crippen LogP contribution >= 0.6 is 0 Å². The number of carbonyl (C=O) groups excluding carboxylic acids is 3. The van der Waals surface area contributed by atoms with E-state index in [9.17, 15) is 14.4 Å². The van der Waals surface area contributed by atoms with E-state index in [0.29, 0.717) is 38.5 Å². The van der Waals surface area contributed by atoms with E-state index in [-0.39, 0.29) is 29.6 Å². The molecule has 0 bridgehead atoms. The summed E-state index contributed by atoms with van der Waals surface area (Å²) in [6.07, 6.45) is 8.75. The monoisotopic (exact) mass is 409 g/mol. The first-order valence-corrected chi connectivity index (χ1v) is 11.2. The Hall–Kier alpha value is -2.63. The summed E-state index contributed by atoms with van der Waals surface area (Å²) >= 11 is 0. The Balaban J connectivity index is 1.25. The molecule has 2 aliphatic heterocycles. The van der Waals surface area contributed by atoms with Crippen molar-refractivity contribution in [3.8, 4) is 0 Å². The third-order valence-corrected chi connectivity index (χ3v) is 6.40. The smallest absolute Gasteiger partial charge is 0.246 e. The lowest BCUT2D eigenvalue weighted by Gasteiger charge is -2.37. The van der Waals surface area contributed by atoms with Gasteiger partial charge >= 0.3 is 0 Å². The van der Waals surface area contributed by atoms with E-state index in [0.717, 1.165) is 37.8 Å². The lowest BCUT2D eigenvalue weighted by Crippen LogP contribution is -2.49. The van der Waals surface area contributed by atoms with Crippen LogP contribution in [0, 0.1) is 11.8 Å². The third-order valence-electron chi connectivity index (χ3n) is 6.40.